The number of ether oxygens (including phenoxy) is 1. The zero-order valence-electron chi connectivity index (χ0n) is 11.3. The summed E-state index contributed by atoms with van der Waals surface area (Å²) in [7, 11) is 1.36. The number of aliphatic imine (C=N–C) groups is 1. The second-order valence-corrected chi connectivity index (χ2v) is 4.63. The van der Waals surface area contributed by atoms with Crippen molar-refractivity contribution in [3.63, 3.8) is 0 Å². The van der Waals surface area contributed by atoms with Crippen molar-refractivity contribution in [3.05, 3.63) is 64.2 Å². The summed E-state index contributed by atoms with van der Waals surface area (Å²) in [5, 5.41) is 0.668. The molecule has 0 N–H and O–H groups in total. The van der Waals surface area contributed by atoms with Gasteiger partial charge in [-0.2, -0.15) is 0 Å². The van der Waals surface area contributed by atoms with E-state index in [1.54, 1.807) is 18.3 Å². The van der Waals surface area contributed by atoms with Crippen molar-refractivity contribution in [3.8, 4) is 0 Å². The van der Waals surface area contributed by atoms with Crippen molar-refractivity contribution in [2.24, 2.45) is 4.99 Å². The Morgan fingerprint density at radius 3 is 2.70 bits per heavy atom. The lowest BCUT2D eigenvalue weighted by atomic mass is 10.1. The predicted molar refractivity (Wildman–Crippen MR) is 81.2 cm³/mol. The fourth-order valence-corrected chi connectivity index (χ4v) is 1.95. The molecule has 0 aliphatic rings. The molecule has 4 heteroatoms. The first kappa shape index (κ1) is 14.3. The SMILES string of the molecule is COC(=O)c1ccccc1C=Nc1cccc(Cl)c1C. The molecule has 0 aliphatic heterocycles. The average molecular weight is 288 g/mol. The lowest BCUT2D eigenvalue weighted by Gasteiger charge is -2.04. The van der Waals surface area contributed by atoms with E-state index in [0.29, 0.717) is 16.1 Å². The average Bonchev–Trinajstić information content (AvgIpc) is 2.48. The third kappa shape index (κ3) is 3.06. The lowest BCUT2D eigenvalue weighted by molar-refractivity contribution is 0.0600. The van der Waals surface area contributed by atoms with Crippen molar-refractivity contribution in [2.75, 3.05) is 7.11 Å². The summed E-state index contributed by atoms with van der Waals surface area (Å²) in [6.07, 6.45) is 1.64. The minimum Gasteiger partial charge on any atom is -0.465 e. The molecule has 0 heterocycles. The minimum absolute atomic E-state index is 0.380. The Kier molecular flexibility index (Phi) is 4.53. The van der Waals surface area contributed by atoms with Gasteiger partial charge in [0.2, 0.25) is 0 Å². The van der Waals surface area contributed by atoms with Gasteiger partial charge in [-0.3, -0.25) is 4.99 Å². The Morgan fingerprint density at radius 2 is 1.95 bits per heavy atom. The number of esters is 1. The van der Waals surface area contributed by atoms with Crippen molar-refractivity contribution in [1.29, 1.82) is 0 Å². The summed E-state index contributed by atoms with van der Waals surface area (Å²) in [4.78, 5) is 16.1. The first-order valence-corrected chi connectivity index (χ1v) is 6.48. The standard InChI is InChI=1S/C16H14ClNO2/c1-11-14(17)8-5-9-15(11)18-10-12-6-3-4-7-13(12)16(19)20-2/h3-10H,1-2H3. The smallest absolute Gasteiger partial charge is 0.338 e. The molecule has 0 aromatic heterocycles. The second-order valence-electron chi connectivity index (χ2n) is 4.22. The van der Waals surface area contributed by atoms with Gasteiger partial charge in [-0.15, -0.1) is 0 Å². The molecule has 0 fully saturated rings. The number of nitrogens with zero attached hydrogens (tertiary/aromatic N) is 1. The molecule has 0 aliphatic carbocycles. The molecule has 102 valence electrons. The van der Waals surface area contributed by atoms with Crippen LogP contribution in [0.4, 0.5) is 5.69 Å². The molecule has 20 heavy (non-hydrogen) atoms. The largest absolute Gasteiger partial charge is 0.465 e. The van der Waals surface area contributed by atoms with Gasteiger partial charge in [-0.25, -0.2) is 4.79 Å². The number of hydrogen-bond acceptors (Lipinski definition) is 3. The van der Waals surface area contributed by atoms with Crippen molar-refractivity contribution in [2.45, 2.75) is 6.92 Å². The van der Waals surface area contributed by atoms with E-state index in [4.69, 9.17) is 16.3 Å². The highest BCUT2D eigenvalue weighted by Gasteiger charge is 2.09. The van der Waals surface area contributed by atoms with E-state index in [0.717, 1.165) is 11.3 Å². The topological polar surface area (TPSA) is 38.7 Å². The van der Waals surface area contributed by atoms with E-state index in [1.807, 2.05) is 37.3 Å². The van der Waals surface area contributed by atoms with Crippen LogP contribution in [0, 0.1) is 6.92 Å². The first-order chi connectivity index (χ1) is 9.63. The molecular weight excluding hydrogens is 274 g/mol. The van der Waals surface area contributed by atoms with Crippen LogP contribution < -0.4 is 0 Å². The summed E-state index contributed by atoms with van der Waals surface area (Å²) >= 11 is 6.05. The van der Waals surface area contributed by atoms with E-state index in [1.165, 1.54) is 7.11 Å². The van der Waals surface area contributed by atoms with Crippen LogP contribution in [0.25, 0.3) is 0 Å². The van der Waals surface area contributed by atoms with Crippen molar-refractivity contribution >= 4 is 29.5 Å². The fraction of sp³-hybridized carbons (Fsp3) is 0.125. The maximum atomic E-state index is 11.7. The Balaban J connectivity index is 2.37. The summed E-state index contributed by atoms with van der Waals surface area (Å²) in [5.74, 6) is -0.380. The fourth-order valence-electron chi connectivity index (χ4n) is 1.78. The number of hydrogen-bond donors (Lipinski definition) is 0. The quantitative estimate of drug-likeness (QED) is 0.627. The molecule has 0 unspecified atom stereocenters. The molecule has 0 saturated heterocycles. The summed E-state index contributed by atoms with van der Waals surface area (Å²) in [5.41, 5.74) is 2.87. The number of benzene rings is 2. The zero-order valence-corrected chi connectivity index (χ0v) is 12.0. The molecule has 2 rings (SSSR count). The van der Waals surface area contributed by atoms with Gasteiger partial charge in [0.15, 0.2) is 0 Å². The highest BCUT2D eigenvalue weighted by molar-refractivity contribution is 6.31. The van der Waals surface area contributed by atoms with Gasteiger partial charge in [0.05, 0.1) is 18.4 Å². The Labute approximate surface area is 122 Å². The second kappa shape index (κ2) is 6.35. The van der Waals surface area contributed by atoms with Crippen LogP contribution >= 0.6 is 11.6 Å². The molecule has 2 aromatic carbocycles. The van der Waals surface area contributed by atoms with Gasteiger partial charge in [0, 0.05) is 16.8 Å². The Morgan fingerprint density at radius 1 is 1.20 bits per heavy atom. The van der Waals surface area contributed by atoms with Gasteiger partial charge in [-0.1, -0.05) is 35.9 Å². The highest BCUT2D eigenvalue weighted by atomic mass is 35.5. The monoisotopic (exact) mass is 287 g/mol. The summed E-state index contributed by atoms with van der Waals surface area (Å²) in [6, 6.07) is 12.7. The Bertz CT molecular complexity index is 665. The molecule has 0 bridgehead atoms. The van der Waals surface area contributed by atoms with Crippen LogP contribution in [-0.2, 0) is 4.74 Å². The number of halogens is 1. The molecule has 0 amide bonds. The predicted octanol–water partition coefficient (Wildman–Crippen LogP) is 4.19. The first-order valence-electron chi connectivity index (χ1n) is 6.10. The Hall–Kier alpha value is -2.13. The number of methoxy groups -OCH3 is 1. The normalized spacial score (nSPS) is 10.8. The van der Waals surface area contributed by atoms with E-state index in [2.05, 4.69) is 4.99 Å². The van der Waals surface area contributed by atoms with Gasteiger partial charge in [0.25, 0.3) is 0 Å². The molecule has 2 aromatic rings. The van der Waals surface area contributed by atoms with Crippen molar-refractivity contribution in [1.82, 2.24) is 0 Å². The van der Waals surface area contributed by atoms with E-state index < -0.39 is 0 Å². The maximum absolute atomic E-state index is 11.7. The van der Waals surface area contributed by atoms with Crippen LogP contribution in [0.3, 0.4) is 0 Å². The third-order valence-electron chi connectivity index (χ3n) is 2.95. The molecule has 0 atom stereocenters. The van der Waals surface area contributed by atoms with Crippen LogP contribution in [0.5, 0.6) is 0 Å². The van der Waals surface area contributed by atoms with Gasteiger partial charge in [-0.05, 0) is 30.7 Å². The molecular formula is C16H14ClNO2. The van der Waals surface area contributed by atoms with Crippen molar-refractivity contribution < 1.29 is 9.53 Å². The van der Waals surface area contributed by atoms with Gasteiger partial charge in [0.1, 0.15) is 0 Å². The van der Waals surface area contributed by atoms with Gasteiger partial charge >= 0.3 is 5.97 Å². The van der Waals surface area contributed by atoms with Crippen LogP contribution in [0.2, 0.25) is 5.02 Å². The highest BCUT2D eigenvalue weighted by Crippen LogP contribution is 2.25. The lowest BCUT2D eigenvalue weighted by Crippen LogP contribution is -2.04. The molecule has 0 radical (unpaired) electrons. The number of rotatable bonds is 3. The number of carbonyl (C=O) groups is 1. The minimum atomic E-state index is -0.380. The zero-order chi connectivity index (χ0) is 14.5. The number of carbonyl (C=O) groups excluding carboxylic acids is 1. The van der Waals surface area contributed by atoms with Gasteiger partial charge < -0.3 is 4.74 Å². The maximum Gasteiger partial charge on any atom is 0.338 e. The van der Waals surface area contributed by atoms with Crippen LogP contribution in [0.15, 0.2) is 47.5 Å². The third-order valence-corrected chi connectivity index (χ3v) is 3.36. The van der Waals surface area contributed by atoms with Crippen LogP contribution in [-0.4, -0.2) is 19.3 Å². The summed E-state index contributed by atoms with van der Waals surface area (Å²) in [6.45, 7) is 1.90. The van der Waals surface area contributed by atoms with E-state index in [9.17, 15) is 4.79 Å². The van der Waals surface area contributed by atoms with E-state index >= 15 is 0 Å². The van der Waals surface area contributed by atoms with E-state index in [-0.39, 0.29) is 5.97 Å². The molecule has 0 spiro atoms. The summed E-state index contributed by atoms with van der Waals surface area (Å²) < 4.78 is 4.75. The van der Waals surface area contributed by atoms with Crippen LogP contribution in [0.1, 0.15) is 21.5 Å². The molecule has 3 nitrogen and oxygen atoms in total. The molecule has 0 saturated carbocycles.